The molecule has 0 saturated heterocycles. The summed E-state index contributed by atoms with van der Waals surface area (Å²) in [4.78, 5) is 59.6. The van der Waals surface area contributed by atoms with Crippen molar-refractivity contribution in [3.8, 4) is 0 Å². The summed E-state index contributed by atoms with van der Waals surface area (Å²) in [6.07, 6.45) is 0. The summed E-state index contributed by atoms with van der Waals surface area (Å²) in [6.45, 7) is 0.612. The molecule has 1 atom stereocenters. The van der Waals surface area contributed by atoms with Gasteiger partial charge in [0.25, 0.3) is 17.7 Å². The Kier molecular flexibility index (Phi) is 4.93. The summed E-state index contributed by atoms with van der Waals surface area (Å²) in [6, 6.07) is 4.25. The van der Waals surface area contributed by atoms with Gasteiger partial charge in [-0.1, -0.05) is 12.1 Å². The van der Waals surface area contributed by atoms with Crippen LogP contribution in [-0.2, 0) is 14.3 Å². The number of benzene rings is 1. The van der Waals surface area contributed by atoms with Gasteiger partial charge in [-0.05, 0) is 19.1 Å². The molecule has 0 saturated carbocycles. The molecule has 0 fully saturated rings. The third-order valence-electron chi connectivity index (χ3n) is 3.38. The van der Waals surface area contributed by atoms with Crippen LogP contribution >= 0.6 is 0 Å². The summed E-state index contributed by atoms with van der Waals surface area (Å²) in [5, 5.41) is 4.08. The van der Waals surface area contributed by atoms with Gasteiger partial charge >= 0.3 is 12.0 Å². The van der Waals surface area contributed by atoms with E-state index in [0.29, 0.717) is 0 Å². The Morgan fingerprint density at radius 3 is 2.17 bits per heavy atom. The van der Waals surface area contributed by atoms with Gasteiger partial charge in [-0.2, -0.15) is 0 Å². The van der Waals surface area contributed by atoms with Crippen LogP contribution in [0.3, 0.4) is 0 Å². The minimum Gasteiger partial charge on any atom is -0.454 e. The normalized spacial score (nSPS) is 14.0. The lowest BCUT2D eigenvalue weighted by Crippen LogP contribution is -2.45. The molecule has 0 aliphatic carbocycles. The van der Waals surface area contributed by atoms with Gasteiger partial charge < -0.3 is 10.1 Å². The van der Waals surface area contributed by atoms with Gasteiger partial charge in [0.05, 0.1) is 11.1 Å². The molecule has 0 spiro atoms. The fourth-order valence-electron chi connectivity index (χ4n) is 2.15. The first-order valence-electron chi connectivity index (χ1n) is 7.02. The van der Waals surface area contributed by atoms with Gasteiger partial charge in [0.15, 0.2) is 6.61 Å². The molecule has 9 heteroatoms. The van der Waals surface area contributed by atoms with Gasteiger partial charge in [0, 0.05) is 7.05 Å². The molecular formula is C15H15N3O6. The average Bonchev–Trinajstić information content (AvgIpc) is 2.83. The lowest BCUT2D eigenvalue weighted by atomic mass is 10.1. The van der Waals surface area contributed by atoms with Crippen LogP contribution < -0.4 is 10.6 Å². The monoisotopic (exact) mass is 333 g/mol. The predicted molar refractivity (Wildman–Crippen MR) is 80.0 cm³/mol. The Balaban J connectivity index is 1.99. The van der Waals surface area contributed by atoms with Crippen molar-refractivity contribution >= 4 is 29.7 Å². The van der Waals surface area contributed by atoms with Gasteiger partial charge in [-0.3, -0.25) is 24.6 Å². The zero-order valence-electron chi connectivity index (χ0n) is 13.0. The molecule has 1 aliphatic heterocycles. The number of nitrogens with one attached hydrogen (secondary N) is 2. The summed E-state index contributed by atoms with van der Waals surface area (Å²) in [7, 11) is 1.32. The number of esters is 1. The number of carbonyl (C=O) groups excluding carboxylic acids is 5. The molecule has 2 N–H and O–H groups in total. The highest BCUT2D eigenvalue weighted by Crippen LogP contribution is 2.24. The first kappa shape index (κ1) is 17.1. The van der Waals surface area contributed by atoms with Crippen molar-refractivity contribution < 1.29 is 28.7 Å². The lowest BCUT2D eigenvalue weighted by molar-refractivity contribution is -0.151. The van der Waals surface area contributed by atoms with E-state index in [1.807, 2.05) is 5.32 Å². The number of rotatable bonds is 4. The van der Waals surface area contributed by atoms with Crippen LogP contribution in [0.2, 0.25) is 0 Å². The number of fused-ring (bicyclic) bond motifs is 1. The Labute approximate surface area is 136 Å². The SMILES string of the molecule is CNC(=O)NC(=O)COC(=O)[C@@H](C)N1C(=O)c2ccccc2C1=O. The lowest BCUT2D eigenvalue weighted by Gasteiger charge is -2.20. The number of urea groups is 1. The second-order valence-corrected chi connectivity index (χ2v) is 4.94. The topological polar surface area (TPSA) is 122 Å². The zero-order chi connectivity index (χ0) is 17.9. The Hall–Kier alpha value is -3.23. The van der Waals surface area contributed by atoms with Gasteiger partial charge in [0.1, 0.15) is 6.04 Å². The maximum Gasteiger partial charge on any atom is 0.329 e. The molecule has 0 radical (unpaired) electrons. The third-order valence-corrected chi connectivity index (χ3v) is 3.38. The smallest absolute Gasteiger partial charge is 0.329 e. The summed E-state index contributed by atoms with van der Waals surface area (Å²) in [5.74, 6) is -2.97. The van der Waals surface area contributed by atoms with E-state index in [0.717, 1.165) is 4.90 Å². The van der Waals surface area contributed by atoms with Crippen LogP contribution in [0.25, 0.3) is 0 Å². The molecular weight excluding hydrogens is 318 g/mol. The number of carbonyl (C=O) groups is 5. The van der Waals surface area contributed by atoms with Gasteiger partial charge in [-0.25, -0.2) is 9.59 Å². The van der Waals surface area contributed by atoms with E-state index in [-0.39, 0.29) is 11.1 Å². The molecule has 9 nitrogen and oxygen atoms in total. The quantitative estimate of drug-likeness (QED) is 0.575. The van der Waals surface area contributed by atoms with Crippen molar-refractivity contribution in [2.75, 3.05) is 13.7 Å². The molecule has 5 amide bonds. The second-order valence-electron chi connectivity index (χ2n) is 4.94. The second kappa shape index (κ2) is 6.90. The van der Waals surface area contributed by atoms with Crippen LogP contribution in [-0.4, -0.2) is 54.3 Å². The number of ether oxygens (including phenoxy) is 1. The maximum atomic E-state index is 12.2. The van der Waals surface area contributed by atoms with Crippen LogP contribution in [0.15, 0.2) is 24.3 Å². The van der Waals surface area contributed by atoms with Crippen LogP contribution in [0.5, 0.6) is 0 Å². The van der Waals surface area contributed by atoms with E-state index in [2.05, 4.69) is 5.32 Å². The molecule has 1 aromatic carbocycles. The maximum absolute atomic E-state index is 12.2. The van der Waals surface area contributed by atoms with Gasteiger partial charge in [-0.15, -0.1) is 0 Å². The van der Waals surface area contributed by atoms with Crippen molar-refractivity contribution in [2.45, 2.75) is 13.0 Å². The predicted octanol–water partition coefficient (Wildman–Crippen LogP) is -0.330. The fraction of sp³-hybridized carbons (Fsp3) is 0.267. The molecule has 2 rings (SSSR count). The van der Waals surface area contributed by atoms with Crippen molar-refractivity contribution in [3.05, 3.63) is 35.4 Å². The standard InChI is InChI=1S/C15H15N3O6/c1-8(14(22)24-7-11(19)17-15(23)16-2)18-12(20)9-5-3-4-6-10(9)13(18)21/h3-6,8H,7H2,1-2H3,(H2,16,17,19,23)/t8-/m1/s1. The third kappa shape index (κ3) is 3.24. The van der Waals surface area contributed by atoms with E-state index in [9.17, 15) is 24.0 Å². The van der Waals surface area contributed by atoms with E-state index >= 15 is 0 Å². The highest BCUT2D eigenvalue weighted by atomic mass is 16.5. The van der Waals surface area contributed by atoms with Crippen molar-refractivity contribution in [1.82, 2.24) is 15.5 Å². The van der Waals surface area contributed by atoms with E-state index in [1.165, 1.54) is 26.1 Å². The largest absolute Gasteiger partial charge is 0.454 e. The van der Waals surface area contributed by atoms with Crippen LogP contribution in [0, 0.1) is 0 Å². The molecule has 126 valence electrons. The minimum absolute atomic E-state index is 0.208. The summed E-state index contributed by atoms with van der Waals surface area (Å²) >= 11 is 0. The van der Waals surface area contributed by atoms with Crippen molar-refractivity contribution in [3.63, 3.8) is 0 Å². The zero-order valence-corrected chi connectivity index (χ0v) is 13.0. The fourth-order valence-corrected chi connectivity index (χ4v) is 2.15. The van der Waals surface area contributed by atoms with Crippen LogP contribution in [0.1, 0.15) is 27.6 Å². The minimum atomic E-state index is -1.20. The van der Waals surface area contributed by atoms with Crippen LogP contribution in [0.4, 0.5) is 4.79 Å². The molecule has 0 unspecified atom stereocenters. The molecule has 1 heterocycles. The molecule has 1 aliphatic rings. The molecule has 0 bridgehead atoms. The molecule has 24 heavy (non-hydrogen) atoms. The Morgan fingerprint density at radius 2 is 1.67 bits per heavy atom. The van der Waals surface area contributed by atoms with E-state index in [1.54, 1.807) is 12.1 Å². The number of amides is 5. The van der Waals surface area contributed by atoms with E-state index < -0.39 is 42.4 Å². The first-order chi connectivity index (χ1) is 11.4. The summed E-state index contributed by atoms with van der Waals surface area (Å²) < 4.78 is 4.74. The Morgan fingerprint density at radius 1 is 1.12 bits per heavy atom. The average molecular weight is 333 g/mol. The number of hydrogen-bond acceptors (Lipinski definition) is 6. The van der Waals surface area contributed by atoms with Crippen molar-refractivity contribution in [2.24, 2.45) is 0 Å². The number of nitrogens with zero attached hydrogens (tertiary/aromatic N) is 1. The highest BCUT2D eigenvalue weighted by Gasteiger charge is 2.41. The number of hydrogen-bond donors (Lipinski definition) is 2. The van der Waals surface area contributed by atoms with Gasteiger partial charge in [0.2, 0.25) is 0 Å². The molecule has 0 aromatic heterocycles. The Bertz CT molecular complexity index is 695. The molecule has 1 aromatic rings. The van der Waals surface area contributed by atoms with Crippen molar-refractivity contribution in [1.29, 1.82) is 0 Å². The summed E-state index contributed by atoms with van der Waals surface area (Å²) in [5.41, 5.74) is 0.416. The van der Waals surface area contributed by atoms with E-state index in [4.69, 9.17) is 4.74 Å². The number of imide groups is 2. The highest BCUT2D eigenvalue weighted by molar-refractivity contribution is 6.22. The first-order valence-corrected chi connectivity index (χ1v) is 7.02.